The van der Waals surface area contributed by atoms with E-state index >= 15 is 0 Å². The van der Waals surface area contributed by atoms with Crippen LogP contribution in [-0.4, -0.2) is 5.91 Å². The molecule has 0 bridgehead atoms. The highest BCUT2D eigenvalue weighted by molar-refractivity contribution is 9.10. The number of hydrogen-bond acceptors (Lipinski definition) is 2. The first-order valence-corrected chi connectivity index (χ1v) is 7.23. The van der Waals surface area contributed by atoms with E-state index in [1.165, 1.54) is 0 Å². The second-order valence-corrected chi connectivity index (χ2v) is 5.61. The van der Waals surface area contributed by atoms with Crippen molar-refractivity contribution in [3.63, 3.8) is 0 Å². The number of hydrogen-bond donors (Lipinski definition) is 2. The zero-order valence-electron chi connectivity index (χ0n) is 11.2. The van der Waals surface area contributed by atoms with Crippen LogP contribution in [-0.2, 0) is 4.79 Å². The van der Waals surface area contributed by atoms with Crippen LogP contribution in [0.1, 0.15) is 30.1 Å². The Morgan fingerprint density at radius 1 is 1.10 bits per heavy atom. The summed E-state index contributed by atoms with van der Waals surface area (Å²) in [6.07, 6.45) is 0. The van der Waals surface area contributed by atoms with E-state index in [1.807, 2.05) is 61.5 Å². The highest BCUT2D eigenvalue weighted by atomic mass is 79.9. The summed E-state index contributed by atoms with van der Waals surface area (Å²) in [5, 5.41) is 3.28. The number of carbonyl (C=O) groups excluding carboxylic acids is 1. The van der Waals surface area contributed by atoms with Gasteiger partial charge in [0.05, 0.1) is 0 Å². The molecule has 20 heavy (non-hydrogen) atoms. The number of amides is 1. The lowest BCUT2D eigenvalue weighted by Crippen LogP contribution is -2.35. The molecule has 3 N–H and O–H groups in total. The van der Waals surface area contributed by atoms with Gasteiger partial charge in [0.25, 0.3) is 0 Å². The first-order chi connectivity index (χ1) is 9.58. The second-order valence-electron chi connectivity index (χ2n) is 4.69. The highest BCUT2D eigenvalue weighted by Crippen LogP contribution is 2.22. The molecule has 2 aromatic carbocycles. The fraction of sp³-hybridized carbons (Fsp3) is 0.188. The number of carbonyl (C=O) groups is 1. The first kappa shape index (κ1) is 14.8. The van der Waals surface area contributed by atoms with Crippen molar-refractivity contribution < 1.29 is 4.79 Å². The molecule has 0 aliphatic heterocycles. The minimum Gasteiger partial charge on any atom is -0.368 e. The van der Waals surface area contributed by atoms with Crippen molar-refractivity contribution in [3.05, 3.63) is 70.2 Å². The van der Waals surface area contributed by atoms with Crippen LogP contribution in [0.2, 0.25) is 0 Å². The van der Waals surface area contributed by atoms with Crippen molar-refractivity contribution in [2.45, 2.75) is 19.0 Å². The van der Waals surface area contributed by atoms with Gasteiger partial charge in [0.1, 0.15) is 6.04 Å². The van der Waals surface area contributed by atoms with Gasteiger partial charge in [-0.25, -0.2) is 0 Å². The molecular weight excluding hydrogens is 316 g/mol. The van der Waals surface area contributed by atoms with Gasteiger partial charge in [0, 0.05) is 10.5 Å². The maximum atomic E-state index is 11.7. The smallest absolute Gasteiger partial charge is 0.239 e. The summed E-state index contributed by atoms with van der Waals surface area (Å²) < 4.78 is 1.01. The number of nitrogens with one attached hydrogen (secondary N) is 1. The Kier molecular flexibility index (Phi) is 4.93. The quantitative estimate of drug-likeness (QED) is 0.882. The minimum absolute atomic E-state index is 0.0187. The molecule has 3 nitrogen and oxygen atoms in total. The monoisotopic (exact) mass is 332 g/mol. The number of rotatable bonds is 5. The molecular formula is C16H17BrN2O. The lowest BCUT2D eigenvalue weighted by molar-refractivity contribution is -0.120. The van der Waals surface area contributed by atoms with Crippen LogP contribution >= 0.6 is 15.9 Å². The zero-order valence-corrected chi connectivity index (χ0v) is 12.8. The van der Waals surface area contributed by atoms with Gasteiger partial charge in [-0.05, 0) is 30.2 Å². The molecule has 4 heteroatoms. The van der Waals surface area contributed by atoms with Crippen LogP contribution in [0.4, 0.5) is 0 Å². The average Bonchev–Trinajstić information content (AvgIpc) is 2.45. The molecule has 0 aromatic heterocycles. The van der Waals surface area contributed by atoms with Crippen molar-refractivity contribution in [1.82, 2.24) is 5.32 Å². The number of nitrogens with two attached hydrogens (primary N) is 1. The van der Waals surface area contributed by atoms with E-state index in [9.17, 15) is 4.79 Å². The summed E-state index contributed by atoms with van der Waals surface area (Å²) in [5.41, 5.74) is 7.49. The molecule has 0 aliphatic rings. The molecule has 0 spiro atoms. The lowest BCUT2D eigenvalue weighted by Gasteiger charge is -2.21. The van der Waals surface area contributed by atoms with Crippen LogP contribution in [0.15, 0.2) is 59.1 Å². The van der Waals surface area contributed by atoms with E-state index in [1.54, 1.807) is 0 Å². The van der Waals surface area contributed by atoms with E-state index in [4.69, 9.17) is 5.73 Å². The van der Waals surface area contributed by atoms with Crippen LogP contribution in [0.5, 0.6) is 0 Å². The second kappa shape index (κ2) is 6.68. The number of primary amides is 1. The summed E-state index contributed by atoms with van der Waals surface area (Å²) in [7, 11) is 0. The predicted molar refractivity (Wildman–Crippen MR) is 84.1 cm³/mol. The van der Waals surface area contributed by atoms with Crippen molar-refractivity contribution >= 4 is 21.8 Å². The molecule has 0 unspecified atom stereocenters. The van der Waals surface area contributed by atoms with Crippen LogP contribution in [0.25, 0.3) is 0 Å². The Balaban J connectivity index is 2.19. The maximum Gasteiger partial charge on any atom is 0.239 e. The third kappa shape index (κ3) is 3.68. The lowest BCUT2D eigenvalue weighted by atomic mass is 10.0. The highest BCUT2D eigenvalue weighted by Gasteiger charge is 2.20. The van der Waals surface area contributed by atoms with Crippen molar-refractivity contribution in [3.8, 4) is 0 Å². The van der Waals surface area contributed by atoms with Crippen molar-refractivity contribution in [1.29, 1.82) is 0 Å². The molecule has 0 fully saturated rings. The van der Waals surface area contributed by atoms with Crippen LogP contribution in [0.3, 0.4) is 0 Å². The maximum absolute atomic E-state index is 11.7. The van der Waals surface area contributed by atoms with Gasteiger partial charge in [0.2, 0.25) is 5.91 Å². The topological polar surface area (TPSA) is 55.1 Å². The normalized spacial score (nSPS) is 13.7. The van der Waals surface area contributed by atoms with E-state index in [0.717, 1.165) is 15.6 Å². The van der Waals surface area contributed by atoms with Gasteiger partial charge in [-0.1, -0.05) is 58.4 Å². The van der Waals surface area contributed by atoms with Crippen LogP contribution < -0.4 is 11.1 Å². The van der Waals surface area contributed by atoms with Gasteiger partial charge < -0.3 is 5.73 Å². The number of benzene rings is 2. The SMILES string of the molecule is C[C@@H](N[C@@H](C(N)=O)c1ccccc1)c1cccc(Br)c1. The number of halogens is 1. The Morgan fingerprint density at radius 3 is 2.35 bits per heavy atom. The van der Waals surface area contributed by atoms with E-state index < -0.39 is 6.04 Å². The molecule has 2 rings (SSSR count). The van der Waals surface area contributed by atoms with Gasteiger partial charge in [-0.2, -0.15) is 0 Å². The third-order valence-electron chi connectivity index (χ3n) is 3.18. The van der Waals surface area contributed by atoms with E-state index in [0.29, 0.717) is 0 Å². The first-order valence-electron chi connectivity index (χ1n) is 6.43. The molecule has 2 atom stereocenters. The van der Waals surface area contributed by atoms with Crippen LogP contribution in [0, 0.1) is 0 Å². The Morgan fingerprint density at radius 2 is 1.75 bits per heavy atom. The molecule has 104 valence electrons. The third-order valence-corrected chi connectivity index (χ3v) is 3.68. The summed E-state index contributed by atoms with van der Waals surface area (Å²) in [6, 6.07) is 17.0. The molecule has 0 aliphatic carbocycles. The summed E-state index contributed by atoms with van der Waals surface area (Å²) in [5.74, 6) is -0.377. The van der Waals surface area contributed by atoms with E-state index in [-0.39, 0.29) is 11.9 Å². The van der Waals surface area contributed by atoms with Gasteiger partial charge in [0.15, 0.2) is 0 Å². The fourth-order valence-electron chi connectivity index (χ4n) is 2.11. The summed E-state index contributed by atoms with van der Waals surface area (Å²) in [6.45, 7) is 2.01. The van der Waals surface area contributed by atoms with Gasteiger partial charge in [-0.15, -0.1) is 0 Å². The average molecular weight is 333 g/mol. The predicted octanol–water partition coefficient (Wildman–Crippen LogP) is 3.33. The van der Waals surface area contributed by atoms with Gasteiger partial charge in [-0.3, -0.25) is 10.1 Å². The van der Waals surface area contributed by atoms with Crippen molar-refractivity contribution in [2.24, 2.45) is 5.73 Å². The largest absolute Gasteiger partial charge is 0.368 e. The van der Waals surface area contributed by atoms with Gasteiger partial charge >= 0.3 is 0 Å². The molecule has 2 aromatic rings. The standard InChI is InChI=1S/C16H17BrN2O/c1-11(13-8-5-9-14(17)10-13)19-15(16(18)20)12-6-3-2-4-7-12/h2-11,15,19H,1H3,(H2,18,20)/t11-,15-/m1/s1. The molecule has 0 heterocycles. The molecule has 0 radical (unpaired) electrons. The Labute approximate surface area is 127 Å². The minimum atomic E-state index is -0.495. The molecule has 0 saturated heterocycles. The summed E-state index contributed by atoms with van der Waals surface area (Å²) >= 11 is 3.45. The fourth-order valence-corrected chi connectivity index (χ4v) is 2.53. The summed E-state index contributed by atoms with van der Waals surface area (Å²) in [4.78, 5) is 11.7. The Hall–Kier alpha value is -1.65. The Bertz CT molecular complexity index is 586. The zero-order chi connectivity index (χ0) is 14.5. The molecule has 1 amide bonds. The van der Waals surface area contributed by atoms with Crippen molar-refractivity contribution in [2.75, 3.05) is 0 Å². The van der Waals surface area contributed by atoms with E-state index in [2.05, 4.69) is 21.2 Å². The molecule has 0 saturated carbocycles.